The lowest BCUT2D eigenvalue weighted by Gasteiger charge is -2.16. The molecule has 1 aromatic carbocycles. The Kier molecular flexibility index (Phi) is 18.4. The van der Waals surface area contributed by atoms with Gasteiger partial charge < -0.3 is 4.74 Å². The molecule has 182 valence electrons. The molecule has 0 heterocycles. The van der Waals surface area contributed by atoms with Crippen molar-refractivity contribution in [3.05, 3.63) is 41.7 Å². The lowest BCUT2D eigenvalue weighted by molar-refractivity contribution is -0.145. The number of alkyl halides is 1. The molecule has 0 radical (unpaired) electrons. The van der Waals surface area contributed by atoms with Crippen LogP contribution in [0, 0.1) is 0 Å². The minimum Gasteiger partial charge on any atom is -0.446 e. The molecule has 0 aliphatic rings. The van der Waals surface area contributed by atoms with Crippen LogP contribution in [0.25, 0.3) is 0 Å². The molecule has 1 rings (SSSR count). The van der Waals surface area contributed by atoms with Crippen molar-refractivity contribution >= 4 is 85.6 Å². The van der Waals surface area contributed by atoms with E-state index in [1.165, 1.54) is 70.6 Å². The van der Waals surface area contributed by atoms with Gasteiger partial charge in [0.2, 0.25) is 0 Å². The molecule has 0 aliphatic heterocycles. The van der Waals surface area contributed by atoms with Crippen LogP contribution >= 0.6 is 79.6 Å². The Morgan fingerprint density at radius 3 is 1.94 bits per heavy atom. The van der Waals surface area contributed by atoms with E-state index < -0.39 is 5.01 Å². The molecule has 0 saturated heterocycles. The maximum Gasteiger partial charge on any atom is 0.307 e. The Hall–Kier alpha value is 0.830. The van der Waals surface area contributed by atoms with E-state index >= 15 is 0 Å². The molecule has 1 unspecified atom stereocenters. The summed E-state index contributed by atoms with van der Waals surface area (Å²) < 4.78 is 9.09. The summed E-state index contributed by atoms with van der Waals surface area (Å²) in [6, 6.07) is 1.92. The van der Waals surface area contributed by atoms with Crippen molar-refractivity contribution in [1.82, 2.24) is 0 Å². The first-order valence-electron chi connectivity index (χ1n) is 11.7. The Bertz CT molecular complexity index is 706. The number of allylic oxidation sites excluding steroid dienone is 2. The number of unbranched alkanes of at least 4 members (excludes halogenated alkanes) is 11. The fraction of sp³-hybridized carbons (Fsp3) is 0.640. The second kappa shape index (κ2) is 19.1. The summed E-state index contributed by atoms with van der Waals surface area (Å²) in [7, 11) is 0. The highest BCUT2D eigenvalue weighted by molar-refractivity contribution is 9.15. The minimum absolute atomic E-state index is 0.174. The van der Waals surface area contributed by atoms with Gasteiger partial charge in [0.25, 0.3) is 0 Å². The number of benzene rings is 1. The zero-order valence-electron chi connectivity index (χ0n) is 18.9. The number of ether oxygens (including phenoxy) is 1. The number of carbonyl (C=O) groups is 1. The molecule has 0 aliphatic carbocycles. The van der Waals surface area contributed by atoms with E-state index in [4.69, 9.17) is 4.74 Å². The number of carbonyl (C=O) groups excluding carboxylic acids is 1. The highest BCUT2D eigenvalue weighted by atomic mass is 79.9. The molecule has 1 atom stereocenters. The first-order valence-corrected chi connectivity index (χ1v) is 15.8. The van der Waals surface area contributed by atoms with Crippen molar-refractivity contribution in [2.24, 2.45) is 0 Å². The van der Waals surface area contributed by atoms with Crippen LogP contribution in [0.2, 0.25) is 0 Å². The van der Waals surface area contributed by atoms with Crippen molar-refractivity contribution in [3.63, 3.8) is 0 Å². The van der Waals surface area contributed by atoms with Crippen molar-refractivity contribution in [1.29, 1.82) is 0 Å². The van der Waals surface area contributed by atoms with E-state index in [1.54, 1.807) is 0 Å². The van der Waals surface area contributed by atoms with Crippen LogP contribution in [-0.4, -0.2) is 5.97 Å². The lowest BCUT2D eigenvalue weighted by Crippen LogP contribution is -2.07. The van der Waals surface area contributed by atoms with Gasteiger partial charge in [-0.05, 0) is 118 Å². The Balaban J connectivity index is 2.08. The monoisotopic (exact) mass is 762 g/mol. The van der Waals surface area contributed by atoms with E-state index in [0.29, 0.717) is 6.42 Å². The number of hydrogen-bond acceptors (Lipinski definition) is 2. The standard InChI is InChI=1S/C25H35Br5O2/c1-2-3-4-5-6-7-8-9-10-11-12-13-14-15-16-17-21(31)32-25(30)19-18-20(26)23(28)24(29)22(19)27/h9-10,18,25H,2-8,11-17H2,1H3. The zero-order valence-corrected chi connectivity index (χ0v) is 26.8. The van der Waals surface area contributed by atoms with Gasteiger partial charge in [-0.2, -0.15) is 0 Å². The van der Waals surface area contributed by atoms with Crippen LogP contribution < -0.4 is 0 Å². The second-order valence-corrected chi connectivity index (χ2v) is 12.1. The number of esters is 1. The third-order valence-corrected chi connectivity index (χ3v) is 10.6. The largest absolute Gasteiger partial charge is 0.446 e. The molecule has 0 spiro atoms. The van der Waals surface area contributed by atoms with Crippen LogP contribution in [-0.2, 0) is 9.53 Å². The van der Waals surface area contributed by atoms with Gasteiger partial charge in [-0.15, -0.1) is 0 Å². The Morgan fingerprint density at radius 2 is 1.34 bits per heavy atom. The van der Waals surface area contributed by atoms with Crippen LogP contribution in [0.4, 0.5) is 0 Å². The second-order valence-electron chi connectivity index (χ2n) is 8.03. The van der Waals surface area contributed by atoms with Crippen molar-refractivity contribution < 1.29 is 9.53 Å². The van der Waals surface area contributed by atoms with Gasteiger partial charge in [0.1, 0.15) is 0 Å². The fourth-order valence-corrected chi connectivity index (χ4v) is 6.46. The van der Waals surface area contributed by atoms with Crippen molar-refractivity contribution in [3.8, 4) is 0 Å². The number of rotatable bonds is 17. The number of hydrogen-bond donors (Lipinski definition) is 0. The summed E-state index contributed by atoms with van der Waals surface area (Å²) in [5.41, 5.74) is 0.852. The first-order chi connectivity index (χ1) is 15.4. The summed E-state index contributed by atoms with van der Waals surface area (Å²) in [6.07, 6.45) is 21.3. The summed E-state index contributed by atoms with van der Waals surface area (Å²) in [4.78, 5) is 12.2. The first kappa shape index (κ1) is 30.9. The molecule has 0 amide bonds. The van der Waals surface area contributed by atoms with Crippen LogP contribution in [0.5, 0.6) is 0 Å². The fourth-order valence-electron chi connectivity index (χ4n) is 3.33. The third-order valence-electron chi connectivity index (χ3n) is 5.25. The summed E-state index contributed by atoms with van der Waals surface area (Å²) in [5, 5.41) is -0.492. The maximum atomic E-state index is 12.2. The SMILES string of the molecule is CCCCCCCCC=CCCCCCCCC(=O)OC(Br)c1cc(Br)c(Br)c(Br)c1Br. The van der Waals surface area contributed by atoms with E-state index in [1.807, 2.05) is 6.07 Å². The molecule has 7 heteroatoms. The smallest absolute Gasteiger partial charge is 0.307 e. The summed E-state index contributed by atoms with van der Waals surface area (Å²) in [5.74, 6) is -0.174. The molecule has 0 aromatic heterocycles. The number of halogens is 5. The zero-order chi connectivity index (χ0) is 23.8. The molecule has 2 nitrogen and oxygen atoms in total. The average Bonchev–Trinajstić information content (AvgIpc) is 2.77. The van der Waals surface area contributed by atoms with Gasteiger partial charge in [0.15, 0.2) is 5.01 Å². The molecule has 32 heavy (non-hydrogen) atoms. The highest BCUT2D eigenvalue weighted by Gasteiger charge is 2.20. The van der Waals surface area contributed by atoms with Gasteiger partial charge in [-0.3, -0.25) is 4.79 Å². The lowest BCUT2D eigenvalue weighted by atomic mass is 10.1. The van der Waals surface area contributed by atoms with E-state index in [2.05, 4.69) is 98.7 Å². The van der Waals surface area contributed by atoms with Gasteiger partial charge in [0, 0.05) is 29.9 Å². The van der Waals surface area contributed by atoms with Gasteiger partial charge in [-0.25, -0.2) is 0 Å². The Labute approximate surface area is 236 Å². The molecule has 1 aromatic rings. The quantitative estimate of drug-likeness (QED) is 0.0394. The van der Waals surface area contributed by atoms with Crippen LogP contribution in [0.3, 0.4) is 0 Å². The summed E-state index contributed by atoms with van der Waals surface area (Å²) >= 11 is 17.6. The van der Waals surface area contributed by atoms with Gasteiger partial charge >= 0.3 is 5.97 Å². The van der Waals surface area contributed by atoms with Crippen LogP contribution in [0.1, 0.15) is 107 Å². The predicted octanol–water partition coefficient (Wildman–Crippen LogP) is 11.7. The van der Waals surface area contributed by atoms with E-state index in [0.717, 1.165) is 36.3 Å². The predicted molar refractivity (Wildman–Crippen MR) is 154 cm³/mol. The van der Waals surface area contributed by atoms with Crippen molar-refractivity contribution in [2.45, 2.75) is 102 Å². The van der Waals surface area contributed by atoms with Crippen molar-refractivity contribution in [2.75, 3.05) is 0 Å². The topological polar surface area (TPSA) is 26.3 Å². The normalized spacial score (nSPS) is 12.4. The molecular formula is C25H35Br5O2. The van der Waals surface area contributed by atoms with Gasteiger partial charge in [0.05, 0.1) is 0 Å². The van der Waals surface area contributed by atoms with E-state index in [-0.39, 0.29) is 5.97 Å². The Morgan fingerprint density at radius 1 is 0.812 bits per heavy atom. The molecular weight excluding hydrogens is 732 g/mol. The third kappa shape index (κ3) is 13.1. The van der Waals surface area contributed by atoms with Crippen LogP contribution in [0.15, 0.2) is 36.1 Å². The molecule has 0 fully saturated rings. The highest BCUT2D eigenvalue weighted by Crippen LogP contribution is 2.43. The van der Waals surface area contributed by atoms with Gasteiger partial charge in [-0.1, -0.05) is 70.4 Å². The summed E-state index contributed by atoms with van der Waals surface area (Å²) in [6.45, 7) is 2.26. The molecule has 0 saturated carbocycles. The minimum atomic E-state index is -0.492. The molecule has 0 bridgehead atoms. The maximum absolute atomic E-state index is 12.2. The molecule has 0 N–H and O–H groups in total. The average molecular weight is 767 g/mol. The van der Waals surface area contributed by atoms with E-state index in [9.17, 15) is 4.79 Å².